The van der Waals surface area contributed by atoms with Crippen molar-refractivity contribution < 1.29 is 9.53 Å². The molecule has 0 atom stereocenters. The number of methoxy groups -OCH3 is 1. The first-order valence-corrected chi connectivity index (χ1v) is 10.5. The Bertz CT molecular complexity index is 1180. The highest BCUT2D eigenvalue weighted by Gasteiger charge is 2.28. The first-order chi connectivity index (χ1) is 14.7. The Morgan fingerprint density at radius 1 is 1.10 bits per heavy atom. The van der Waals surface area contributed by atoms with Crippen LogP contribution in [0.4, 0.5) is 5.13 Å². The molecule has 5 rings (SSSR count). The van der Waals surface area contributed by atoms with Crippen LogP contribution in [0.25, 0.3) is 16.9 Å². The van der Waals surface area contributed by atoms with E-state index in [9.17, 15) is 4.79 Å². The van der Waals surface area contributed by atoms with Crippen molar-refractivity contribution in [3.8, 4) is 22.7 Å². The molecule has 8 heteroatoms. The summed E-state index contributed by atoms with van der Waals surface area (Å²) in [6.45, 7) is 0. The van der Waals surface area contributed by atoms with E-state index in [1.54, 1.807) is 17.9 Å². The van der Waals surface area contributed by atoms with Gasteiger partial charge in [-0.2, -0.15) is 5.10 Å². The SMILES string of the molecule is COc1ccc(-c2cc(C(=O)Nc3nnc(C4CC4)s3)nn2-c2ccccc2)cc1. The second-order valence-corrected chi connectivity index (χ2v) is 8.07. The fraction of sp³-hybridized carbons (Fsp3) is 0.182. The van der Waals surface area contributed by atoms with Gasteiger partial charge in [0, 0.05) is 11.5 Å². The van der Waals surface area contributed by atoms with E-state index in [1.165, 1.54) is 11.3 Å². The molecule has 0 spiro atoms. The lowest BCUT2D eigenvalue weighted by molar-refractivity contribution is 0.102. The van der Waals surface area contributed by atoms with Gasteiger partial charge in [0.15, 0.2) is 5.69 Å². The minimum absolute atomic E-state index is 0.307. The minimum Gasteiger partial charge on any atom is -0.497 e. The molecular formula is C22H19N5O2S. The van der Waals surface area contributed by atoms with Crippen LogP contribution in [0.15, 0.2) is 60.7 Å². The molecule has 7 nitrogen and oxygen atoms in total. The summed E-state index contributed by atoms with van der Waals surface area (Å²) in [5, 5.41) is 17.2. The summed E-state index contributed by atoms with van der Waals surface area (Å²) in [4.78, 5) is 12.9. The average Bonchev–Trinajstić information content (AvgIpc) is 3.37. The number of hydrogen-bond acceptors (Lipinski definition) is 6. The Morgan fingerprint density at radius 3 is 2.57 bits per heavy atom. The van der Waals surface area contributed by atoms with Gasteiger partial charge in [-0.05, 0) is 55.3 Å². The van der Waals surface area contributed by atoms with Gasteiger partial charge in [-0.25, -0.2) is 4.68 Å². The Morgan fingerprint density at radius 2 is 1.87 bits per heavy atom. The molecule has 4 aromatic rings. The molecule has 1 aliphatic carbocycles. The third-order valence-corrected chi connectivity index (χ3v) is 5.92. The Hall–Kier alpha value is -3.52. The van der Waals surface area contributed by atoms with Crippen LogP contribution in [0.3, 0.4) is 0 Å². The van der Waals surface area contributed by atoms with Crippen LogP contribution in [-0.4, -0.2) is 33.0 Å². The second kappa shape index (κ2) is 7.72. The Kier molecular flexibility index (Phi) is 4.76. The lowest BCUT2D eigenvalue weighted by atomic mass is 10.1. The number of hydrogen-bond donors (Lipinski definition) is 1. The Labute approximate surface area is 177 Å². The molecule has 1 fully saturated rings. The number of nitrogens with zero attached hydrogens (tertiary/aromatic N) is 4. The maximum absolute atomic E-state index is 12.9. The molecule has 0 unspecified atom stereocenters. The van der Waals surface area contributed by atoms with E-state index in [1.807, 2.05) is 54.6 Å². The predicted molar refractivity (Wildman–Crippen MR) is 115 cm³/mol. The predicted octanol–water partition coefficient (Wildman–Crippen LogP) is 4.53. The highest BCUT2D eigenvalue weighted by molar-refractivity contribution is 7.15. The number of carbonyl (C=O) groups excluding carboxylic acids is 1. The molecule has 1 aliphatic rings. The summed E-state index contributed by atoms with van der Waals surface area (Å²) in [6.07, 6.45) is 2.30. The number of aromatic nitrogens is 4. The number of anilines is 1. The van der Waals surface area contributed by atoms with Crippen LogP contribution in [0, 0.1) is 0 Å². The van der Waals surface area contributed by atoms with Crippen LogP contribution in [0.1, 0.15) is 34.3 Å². The molecule has 2 aromatic carbocycles. The number of amides is 1. The lowest BCUT2D eigenvalue weighted by Crippen LogP contribution is -2.13. The fourth-order valence-electron chi connectivity index (χ4n) is 3.17. The topological polar surface area (TPSA) is 81.9 Å². The molecule has 150 valence electrons. The summed E-state index contributed by atoms with van der Waals surface area (Å²) >= 11 is 1.43. The van der Waals surface area contributed by atoms with E-state index < -0.39 is 0 Å². The lowest BCUT2D eigenvalue weighted by Gasteiger charge is -2.08. The number of ether oxygens (including phenoxy) is 1. The molecule has 2 aromatic heterocycles. The number of rotatable bonds is 6. The van der Waals surface area contributed by atoms with Crippen molar-refractivity contribution in [3.05, 3.63) is 71.4 Å². The molecule has 2 heterocycles. The van der Waals surface area contributed by atoms with Crippen molar-refractivity contribution in [1.82, 2.24) is 20.0 Å². The zero-order valence-corrected chi connectivity index (χ0v) is 17.1. The van der Waals surface area contributed by atoms with E-state index in [0.29, 0.717) is 16.7 Å². The maximum Gasteiger partial charge on any atom is 0.278 e. The van der Waals surface area contributed by atoms with Crippen molar-refractivity contribution >= 4 is 22.4 Å². The molecule has 0 saturated heterocycles. The zero-order valence-electron chi connectivity index (χ0n) is 16.3. The largest absolute Gasteiger partial charge is 0.497 e. The van der Waals surface area contributed by atoms with Gasteiger partial charge in [0.1, 0.15) is 10.8 Å². The molecule has 1 N–H and O–H groups in total. The van der Waals surface area contributed by atoms with Crippen molar-refractivity contribution in [1.29, 1.82) is 0 Å². The van der Waals surface area contributed by atoms with Crippen molar-refractivity contribution in [2.45, 2.75) is 18.8 Å². The van der Waals surface area contributed by atoms with Crippen LogP contribution < -0.4 is 10.1 Å². The van der Waals surface area contributed by atoms with E-state index in [-0.39, 0.29) is 5.91 Å². The van der Waals surface area contributed by atoms with Crippen LogP contribution >= 0.6 is 11.3 Å². The quantitative estimate of drug-likeness (QED) is 0.498. The number of carbonyl (C=O) groups is 1. The second-order valence-electron chi connectivity index (χ2n) is 7.06. The molecule has 1 amide bonds. The normalized spacial score (nSPS) is 13.2. The number of nitrogens with one attached hydrogen (secondary N) is 1. The molecule has 0 bridgehead atoms. The van der Waals surface area contributed by atoms with Gasteiger partial charge >= 0.3 is 0 Å². The molecule has 30 heavy (non-hydrogen) atoms. The summed E-state index contributed by atoms with van der Waals surface area (Å²) in [7, 11) is 1.63. The molecule has 1 saturated carbocycles. The molecule has 0 radical (unpaired) electrons. The van der Waals surface area contributed by atoms with E-state index in [4.69, 9.17) is 4.74 Å². The summed E-state index contributed by atoms with van der Waals surface area (Å²) in [6, 6.07) is 19.2. The van der Waals surface area contributed by atoms with Gasteiger partial charge in [0.05, 0.1) is 18.5 Å². The van der Waals surface area contributed by atoms with Crippen molar-refractivity contribution in [2.24, 2.45) is 0 Å². The summed E-state index contributed by atoms with van der Waals surface area (Å²) < 4.78 is 7.02. The van der Waals surface area contributed by atoms with Gasteiger partial charge in [0.2, 0.25) is 5.13 Å². The smallest absolute Gasteiger partial charge is 0.278 e. The Balaban J connectivity index is 1.48. The first-order valence-electron chi connectivity index (χ1n) is 9.66. The first kappa shape index (κ1) is 18.5. The standard InChI is InChI=1S/C22H19N5O2S/c1-29-17-11-9-14(10-12-17)19-13-18(26-27(19)16-5-3-2-4-6-16)20(28)23-22-25-24-21(30-22)15-7-8-15/h2-6,9-13,15H,7-8H2,1H3,(H,23,25,28). The highest BCUT2D eigenvalue weighted by Crippen LogP contribution is 2.42. The number of para-hydroxylation sites is 1. The van der Waals surface area contributed by atoms with E-state index >= 15 is 0 Å². The van der Waals surface area contributed by atoms with Crippen molar-refractivity contribution in [2.75, 3.05) is 12.4 Å². The maximum atomic E-state index is 12.9. The monoisotopic (exact) mass is 417 g/mol. The third kappa shape index (κ3) is 3.69. The van der Waals surface area contributed by atoms with E-state index in [2.05, 4.69) is 20.6 Å². The van der Waals surface area contributed by atoms with E-state index in [0.717, 1.165) is 40.5 Å². The fourth-order valence-corrected chi connectivity index (χ4v) is 4.07. The summed E-state index contributed by atoms with van der Waals surface area (Å²) in [5.41, 5.74) is 2.92. The summed E-state index contributed by atoms with van der Waals surface area (Å²) in [5.74, 6) is 0.968. The van der Waals surface area contributed by atoms with Crippen molar-refractivity contribution in [3.63, 3.8) is 0 Å². The van der Waals surface area contributed by atoms with Gasteiger partial charge in [0.25, 0.3) is 5.91 Å². The minimum atomic E-state index is -0.307. The van der Waals surface area contributed by atoms with Crippen LogP contribution in [-0.2, 0) is 0 Å². The number of benzene rings is 2. The van der Waals surface area contributed by atoms with Crippen LogP contribution in [0.2, 0.25) is 0 Å². The van der Waals surface area contributed by atoms with Gasteiger partial charge in [-0.1, -0.05) is 29.5 Å². The average molecular weight is 417 g/mol. The molecular weight excluding hydrogens is 398 g/mol. The van der Waals surface area contributed by atoms with Crippen LogP contribution in [0.5, 0.6) is 5.75 Å². The van der Waals surface area contributed by atoms with Gasteiger partial charge in [-0.15, -0.1) is 10.2 Å². The van der Waals surface area contributed by atoms with Gasteiger partial charge in [-0.3, -0.25) is 10.1 Å². The highest BCUT2D eigenvalue weighted by atomic mass is 32.1. The zero-order chi connectivity index (χ0) is 20.5. The molecule has 0 aliphatic heterocycles. The van der Waals surface area contributed by atoms with Gasteiger partial charge < -0.3 is 4.74 Å². The third-order valence-electron chi connectivity index (χ3n) is 4.92.